The number of fused-ring (bicyclic) bond motifs is 1. The highest BCUT2D eigenvalue weighted by Gasteiger charge is 2.15. The maximum atomic E-state index is 12.9. The second kappa shape index (κ2) is 7.63. The molecule has 0 aliphatic rings. The first-order chi connectivity index (χ1) is 13.2. The predicted molar refractivity (Wildman–Crippen MR) is 112 cm³/mol. The summed E-state index contributed by atoms with van der Waals surface area (Å²) in [7, 11) is 0. The van der Waals surface area contributed by atoms with Gasteiger partial charge in [0.2, 0.25) is 5.91 Å². The minimum absolute atomic E-state index is 0.105. The van der Waals surface area contributed by atoms with Crippen molar-refractivity contribution in [3.05, 3.63) is 57.9 Å². The Hall–Kier alpha value is -2.49. The smallest absolute Gasteiger partial charge is 0.263 e. The Morgan fingerprint density at radius 3 is 2.85 bits per heavy atom. The number of nitrogens with zero attached hydrogens (tertiary/aromatic N) is 3. The summed E-state index contributed by atoms with van der Waals surface area (Å²) in [5, 5.41) is 8.10. The lowest BCUT2D eigenvalue weighted by Gasteiger charge is -2.07. The van der Waals surface area contributed by atoms with Crippen molar-refractivity contribution in [2.45, 2.75) is 11.6 Å². The summed E-state index contributed by atoms with van der Waals surface area (Å²) in [6.45, 7) is -0.105. The van der Waals surface area contributed by atoms with Gasteiger partial charge in [0, 0.05) is 15.8 Å². The number of pyridine rings is 1. The molecule has 6 nitrogen and oxygen atoms in total. The molecule has 0 unspecified atom stereocenters. The van der Waals surface area contributed by atoms with Crippen molar-refractivity contribution in [3.63, 3.8) is 0 Å². The van der Waals surface area contributed by atoms with E-state index < -0.39 is 0 Å². The molecule has 0 aliphatic carbocycles. The number of amides is 1. The van der Waals surface area contributed by atoms with Crippen LogP contribution in [0.25, 0.3) is 20.7 Å². The molecule has 9 heteroatoms. The molecule has 1 amide bonds. The number of hydrogen-bond donors (Lipinski definition) is 1. The lowest BCUT2D eigenvalue weighted by Crippen LogP contribution is -2.27. The largest absolute Gasteiger partial charge is 0.323 e. The van der Waals surface area contributed by atoms with Gasteiger partial charge in [-0.1, -0.05) is 6.07 Å². The van der Waals surface area contributed by atoms with E-state index >= 15 is 0 Å². The van der Waals surface area contributed by atoms with Crippen molar-refractivity contribution < 1.29 is 4.79 Å². The number of aromatic nitrogens is 3. The van der Waals surface area contributed by atoms with E-state index in [1.807, 2.05) is 35.2 Å². The average Bonchev–Trinajstić information content (AvgIpc) is 3.34. The zero-order valence-electron chi connectivity index (χ0n) is 14.2. The van der Waals surface area contributed by atoms with Crippen LogP contribution in [0.15, 0.2) is 57.4 Å². The lowest BCUT2D eigenvalue weighted by atomic mass is 10.2. The summed E-state index contributed by atoms with van der Waals surface area (Å²) in [6, 6.07) is 7.54. The molecule has 0 atom stereocenters. The van der Waals surface area contributed by atoms with Crippen molar-refractivity contribution in [2.24, 2.45) is 0 Å². The fraction of sp³-hybridized carbons (Fsp3) is 0.111. The minimum Gasteiger partial charge on any atom is -0.323 e. The number of anilines is 1. The lowest BCUT2D eigenvalue weighted by molar-refractivity contribution is -0.116. The molecule has 27 heavy (non-hydrogen) atoms. The molecule has 4 aromatic rings. The Morgan fingerprint density at radius 1 is 1.26 bits per heavy atom. The zero-order valence-corrected chi connectivity index (χ0v) is 16.7. The van der Waals surface area contributed by atoms with E-state index in [4.69, 9.17) is 0 Å². The monoisotopic (exact) mass is 414 g/mol. The first kappa shape index (κ1) is 17.9. The summed E-state index contributed by atoms with van der Waals surface area (Å²) in [4.78, 5) is 35.5. The van der Waals surface area contributed by atoms with Gasteiger partial charge in [-0.05, 0) is 29.8 Å². The Balaban J connectivity index is 1.60. The van der Waals surface area contributed by atoms with E-state index in [1.165, 1.54) is 34.0 Å². The van der Waals surface area contributed by atoms with E-state index in [0.29, 0.717) is 15.9 Å². The fourth-order valence-corrected chi connectivity index (χ4v) is 4.71. The van der Waals surface area contributed by atoms with Gasteiger partial charge in [-0.15, -0.1) is 34.4 Å². The first-order valence-corrected chi connectivity index (χ1v) is 10.9. The number of thioether (sulfide) groups is 1. The summed E-state index contributed by atoms with van der Waals surface area (Å²) in [5.74, 6) is -0.301. The van der Waals surface area contributed by atoms with E-state index in [1.54, 1.807) is 23.6 Å². The van der Waals surface area contributed by atoms with Crippen molar-refractivity contribution >= 4 is 56.2 Å². The topological polar surface area (TPSA) is 76.9 Å². The van der Waals surface area contributed by atoms with Crippen LogP contribution in [-0.4, -0.2) is 26.7 Å². The maximum absolute atomic E-state index is 12.9. The third-order valence-corrected chi connectivity index (χ3v) is 6.34. The van der Waals surface area contributed by atoms with Crippen LogP contribution in [0.5, 0.6) is 0 Å². The Morgan fingerprint density at radius 2 is 2.15 bits per heavy atom. The van der Waals surface area contributed by atoms with Gasteiger partial charge >= 0.3 is 0 Å². The van der Waals surface area contributed by atoms with Gasteiger partial charge in [0.25, 0.3) is 5.56 Å². The highest BCUT2D eigenvalue weighted by Crippen LogP contribution is 2.33. The Bertz CT molecular complexity index is 1150. The molecule has 0 radical (unpaired) electrons. The van der Waals surface area contributed by atoms with Crippen LogP contribution in [0.2, 0.25) is 0 Å². The van der Waals surface area contributed by atoms with Crippen LogP contribution in [0, 0.1) is 0 Å². The number of carbonyl (C=O) groups excluding carboxylic acids is 1. The molecular formula is C18H14N4O2S3. The van der Waals surface area contributed by atoms with Crippen LogP contribution in [0.3, 0.4) is 0 Å². The molecule has 1 N–H and O–H groups in total. The van der Waals surface area contributed by atoms with E-state index in [0.717, 1.165) is 15.5 Å². The second-order valence-electron chi connectivity index (χ2n) is 5.62. The molecule has 0 aromatic carbocycles. The third-order valence-electron chi connectivity index (χ3n) is 3.89. The van der Waals surface area contributed by atoms with Gasteiger partial charge in [-0.2, -0.15) is 0 Å². The number of rotatable bonds is 5. The van der Waals surface area contributed by atoms with Gasteiger partial charge in [-0.3, -0.25) is 14.2 Å². The maximum Gasteiger partial charge on any atom is 0.263 e. The first-order valence-electron chi connectivity index (χ1n) is 7.96. The summed E-state index contributed by atoms with van der Waals surface area (Å²) < 4.78 is 1.34. The molecule has 0 aliphatic heterocycles. The molecular weight excluding hydrogens is 400 g/mol. The van der Waals surface area contributed by atoms with Crippen molar-refractivity contribution in [1.82, 2.24) is 14.5 Å². The molecule has 0 spiro atoms. The van der Waals surface area contributed by atoms with Crippen LogP contribution >= 0.6 is 34.4 Å². The number of carbonyl (C=O) groups is 1. The molecule has 0 saturated heterocycles. The molecule has 136 valence electrons. The number of hydrogen-bond acceptors (Lipinski definition) is 7. The van der Waals surface area contributed by atoms with Crippen molar-refractivity contribution in [2.75, 3.05) is 11.6 Å². The molecule has 4 rings (SSSR count). The number of thiophene rings is 2. The Labute approximate surface area is 166 Å². The summed E-state index contributed by atoms with van der Waals surface area (Å²) in [6.07, 6.45) is 4.96. The molecule has 0 bridgehead atoms. The third kappa shape index (κ3) is 3.66. The fourth-order valence-electron chi connectivity index (χ4n) is 2.62. The van der Waals surface area contributed by atoms with Gasteiger partial charge in [0.15, 0.2) is 0 Å². The quantitative estimate of drug-likeness (QED) is 0.501. The van der Waals surface area contributed by atoms with Crippen LogP contribution in [0.4, 0.5) is 5.69 Å². The number of nitrogens with one attached hydrogen (secondary N) is 1. The predicted octanol–water partition coefficient (Wildman–Crippen LogP) is 3.94. The van der Waals surface area contributed by atoms with Crippen LogP contribution < -0.4 is 10.9 Å². The summed E-state index contributed by atoms with van der Waals surface area (Å²) >= 11 is 4.53. The van der Waals surface area contributed by atoms with Crippen molar-refractivity contribution in [1.29, 1.82) is 0 Å². The normalized spacial score (nSPS) is 11.0. The van der Waals surface area contributed by atoms with E-state index in [-0.39, 0.29) is 18.0 Å². The Kier molecular flexibility index (Phi) is 5.06. The van der Waals surface area contributed by atoms with Gasteiger partial charge in [0.1, 0.15) is 11.4 Å². The molecule has 4 aromatic heterocycles. The molecule has 4 heterocycles. The second-order valence-corrected chi connectivity index (χ2v) is 8.25. The average molecular weight is 415 g/mol. The van der Waals surface area contributed by atoms with Gasteiger partial charge < -0.3 is 5.32 Å². The van der Waals surface area contributed by atoms with E-state index in [9.17, 15) is 9.59 Å². The van der Waals surface area contributed by atoms with Crippen LogP contribution in [-0.2, 0) is 11.3 Å². The van der Waals surface area contributed by atoms with Crippen LogP contribution in [0.1, 0.15) is 0 Å². The van der Waals surface area contributed by atoms with Crippen molar-refractivity contribution in [3.8, 4) is 10.4 Å². The highest BCUT2D eigenvalue weighted by atomic mass is 32.2. The van der Waals surface area contributed by atoms with E-state index in [2.05, 4.69) is 15.3 Å². The standard InChI is InChI=1S/C18H14N4O2S3/c1-25-15-5-4-11(7-19-15)21-14(23)8-22-10-20-17-16(18(22)24)12(9-27-17)13-3-2-6-26-13/h2-7,9-10H,8H2,1H3,(H,21,23). The zero-order chi connectivity index (χ0) is 18.8. The van der Waals surface area contributed by atoms with Gasteiger partial charge in [0.05, 0.1) is 28.6 Å². The SMILES string of the molecule is CSc1ccc(NC(=O)Cn2cnc3scc(-c4cccs4)c3c2=O)cn1. The summed E-state index contributed by atoms with van der Waals surface area (Å²) in [5.41, 5.74) is 1.25. The molecule has 0 saturated carbocycles. The molecule has 0 fully saturated rings. The minimum atomic E-state index is -0.301. The van der Waals surface area contributed by atoms with Gasteiger partial charge in [-0.25, -0.2) is 9.97 Å². The highest BCUT2D eigenvalue weighted by molar-refractivity contribution is 7.98.